The van der Waals surface area contributed by atoms with Crippen LogP contribution in [0.3, 0.4) is 0 Å². The molecule has 0 aliphatic heterocycles. The minimum absolute atomic E-state index is 0.0305. The molecule has 0 fully saturated rings. The van der Waals surface area contributed by atoms with E-state index in [1.54, 1.807) is 12.1 Å². The quantitative estimate of drug-likeness (QED) is 0.678. The molecule has 2 N–H and O–H groups in total. The molecule has 0 saturated carbocycles. The number of sulfonamides is 1. The van der Waals surface area contributed by atoms with E-state index < -0.39 is 16.0 Å². The molecule has 1 aromatic carbocycles. The highest BCUT2D eigenvalue weighted by molar-refractivity contribution is 7.88. The summed E-state index contributed by atoms with van der Waals surface area (Å²) in [7, 11) is -3.41. The number of carboxylic acids is 1. The fraction of sp³-hybridized carbons (Fsp3) is 0.550. The summed E-state index contributed by atoms with van der Waals surface area (Å²) in [5, 5.41) is 9.11. The number of hydrogen-bond acceptors (Lipinski definition) is 3. The first-order valence-corrected chi connectivity index (χ1v) is 10.7. The van der Waals surface area contributed by atoms with Crippen molar-refractivity contribution in [3.8, 4) is 0 Å². The third kappa shape index (κ3) is 5.95. The minimum Gasteiger partial charge on any atom is -0.481 e. The van der Waals surface area contributed by atoms with Crippen molar-refractivity contribution in [2.45, 2.75) is 39.4 Å². The summed E-state index contributed by atoms with van der Waals surface area (Å²) < 4.78 is 27.6. The number of rotatable bonds is 8. The van der Waals surface area contributed by atoms with Crippen molar-refractivity contribution in [1.29, 1.82) is 0 Å². The first-order valence-electron chi connectivity index (χ1n) is 9.09. The van der Waals surface area contributed by atoms with Gasteiger partial charge in [0, 0.05) is 6.54 Å². The first kappa shape index (κ1) is 20.6. The second kappa shape index (κ2) is 8.82. The van der Waals surface area contributed by atoms with Gasteiger partial charge in [-0.2, -0.15) is 0 Å². The second-order valence-corrected chi connectivity index (χ2v) is 9.41. The predicted molar refractivity (Wildman–Crippen MR) is 103 cm³/mol. The number of nitrogens with one attached hydrogen (secondary N) is 1. The van der Waals surface area contributed by atoms with Crippen molar-refractivity contribution in [3.63, 3.8) is 0 Å². The Morgan fingerprint density at radius 3 is 2.50 bits per heavy atom. The fourth-order valence-electron chi connectivity index (χ4n) is 3.79. The summed E-state index contributed by atoms with van der Waals surface area (Å²) in [6.45, 7) is 6.54. The smallest absolute Gasteiger partial charge is 0.303 e. The van der Waals surface area contributed by atoms with E-state index in [4.69, 9.17) is 5.11 Å². The summed E-state index contributed by atoms with van der Waals surface area (Å²) in [5.74, 6) is -0.0614. The first-order chi connectivity index (χ1) is 12.2. The van der Waals surface area contributed by atoms with Crippen LogP contribution < -0.4 is 4.72 Å². The molecule has 0 bridgehead atoms. The molecule has 0 unspecified atom stereocenters. The van der Waals surface area contributed by atoms with Crippen molar-refractivity contribution in [2.75, 3.05) is 6.54 Å². The Bertz CT molecular complexity index is 740. The summed E-state index contributed by atoms with van der Waals surface area (Å²) >= 11 is 0. The molecule has 3 atom stereocenters. The average molecular weight is 380 g/mol. The van der Waals surface area contributed by atoms with Crippen molar-refractivity contribution >= 4 is 16.0 Å². The Kier molecular flexibility index (Phi) is 7.01. The molecule has 0 spiro atoms. The standard InChI is InChI=1S/C20H29NO4S/c1-14(2)19-10-17(11-20(22)23)15(3)9-18(19)12-21-26(24,25)13-16-7-5-4-6-8-16/h4-9,14,17-19,21H,10-13H2,1-3H3,(H,22,23)/t17-,18-,19-/m0/s1. The van der Waals surface area contributed by atoms with Gasteiger partial charge in [-0.25, -0.2) is 13.1 Å². The number of carbonyl (C=O) groups is 1. The Labute approximate surface area is 156 Å². The lowest BCUT2D eigenvalue weighted by molar-refractivity contribution is -0.138. The van der Waals surface area contributed by atoms with E-state index in [2.05, 4.69) is 24.6 Å². The molecule has 0 heterocycles. The Morgan fingerprint density at radius 1 is 1.27 bits per heavy atom. The van der Waals surface area contributed by atoms with Gasteiger partial charge in [0.1, 0.15) is 0 Å². The van der Waals surface area contributed by atoms with Crippen LogP contribution in [-0.4, -0.2) is 26.0 Å². The summed E-state index contributed by atoms with van der Waals surface area (Å²) in [4.78, 5) is 11.1. The van der Waals surface area contributed by atoms with Gasteiger partial charge >= 0.3 is 5.97 Å². The summed E-state index contributed by atoms with van der Waals surface area (Å²) in [5.41, 5.74) is 1.81. The van der Waals surface area contributed by atoms with Crippen LogP contribution in [0.4, 0.5) is 0 Å². The van der Waals surface area contributed by atoms with E-state index in [1.807, 2.05) is 25.1 Å². The topological polar surface area (TPSA) is 83.5 Å². The van der Waals surface area contributed by atoms with Crippen LogP contribution in [-0.2, 0) is 20.6 Å². The zero-order valence-corrected chi connectivity index (χ0v) is 16.5. The molecule has 6 heteroatoms. The molecule has 1 aliphatic carbocycles. The third-order valence-corrected chi connectivity index (χ3v) is 6.56. The van der Waals surface area contributed by atoms with Crippen LogP contribution in [0.15, 0.2) is 42.0 Å². The van der Waals surface area contributed by atoms with Gasteiger partial charge in [0.05, 0.1) is 12.2 Å². The van der Waals surface area contributed by atoms with E-state index >= 15 is 0 Å². The molecule has 0 aromatic heterocycles. The van der Waals surface area contributed by atoms with Gasteiger partial charge in [-0.3, -0.25) is 4.79 Å². The van der Waals surface area contributed by atoms with Crippen molar-refractivity contribution in [1.82, 2.24) is 4.72 Å². The molecule has 2 rings (SSSR count). The maximum Gasteiger partial charge on any atom is 0.303 e. The lowest BCUT2D eigenvalue weighted by Crippen LogP contribution is -2.37. The Hall–Kier alpha value is -1.66. The molecule has 1 aromatic rings. The van der Waals surface area contributed by atoms with E-state index in [-0.39, 0.29) is 29.9 Å². The van der Waals surface area contributed by atoms with Crippen LogP contribution >= 0.6 is 0 Å². The average Bonchev–Trinajstić information content (AvgIpc) is 2.55. The normalized spacial score (nSPS) is 23.7. The van der Waals surface area contributed by atoms with Crippen molar-refractivity contribution < 1.29 is 18.3 Å². The zero-order chi connectivity index (χ0) is 19.3. The SMILES string of the molecule is CC1=C[C@@H](CNS(=O)(=O)Cc2ccccc2)[C@H](C(C)C)C[C@H]1CC(=O)O. The highest BCUT2D eigenvalue weighted by Crippen LogP contribution is 2.38. The number of aliphatic carboxylic acids is 1. The number of carboxylic acid groups (broad SMARTS) is 1. The predicted octanol–water partition coefficient (Wildman–Crippen LogP) is 3.44. The number of hydrogen-bond donors (Lipinski definition) is 2. The minimum atomic E-state index is -3.41. The van der Waals surface area contributed by atoms with Crippen LogP contribution in [0, 0.1) is 23.7 Å². The van der Waals surface area contributed by atoms with E-state index in [0.29, 0.717) is 12.5 Å². The van der Waals surface area contributed by atoms with E-state index in [9.17, 15) is 13.2 Å². The van der Waals surface area contributed by atoms with Crippen LogP contribution in [0.2, 0.25) is 0 Å². The number of allylic oxidation sites excluding steroid dienone is 1. The lowest BCUT2D eigenvalue weighted by Gasteiger charge is -2.36. The largest absolute Gasteiger partial charge is 0.481 e. The summed E-state index contributed by atoms with van der Waals surface area (Å²) in [6.07, 6.45) is 3.00. The third-order valence-electron chi connectivity index (χ3n) is 5.24. The monoisotopic (exact) mass is 379 g/mol. The molecule has 0 amide bonds. The van der Waals surface area contributed by atoms with Gasteiger partial charge in [-0.1, -0.05) is 55.8 Å². The zero-order valence-electron chi connectivity index (χ0n) is 15.7. The molecule has 0 radical (unpaired) electrons. The molecule has 144 valence electrons. The fourth-order valence-corrected chi connectivity index (χ4v) is 4.97. The molecule has 5 nitrogen and oxygen atoms in total. The van der Waals surface area contributed by atoms with Crippen molar-refractivity contribution in [3.05, 3.63) is 47.5 Å². The van der Waals surface area contributed by atoms with Crippen LogP contribution in [0.5, 0.6) is 0 Å². The number of benzene rings is 1. The highest BCUT2D eigenvalue weighted by atomic mass is 32.2. The van der Waals surface area contributed by atoms with E-state index in [1.165, 1.54) is 0 Å². The maximum atomic E-state index is 12.4. The highest BCUT2D eigenvalue weighted by Gasteiger charge is 2.33. The molecule has 1 aliphatic rings. The molecule has 26 heavy (non-hydrogen) atoms. The Morgan fingerprint density at radius 2 is 1.92 bits per heavy atom. The summed E-state index contributed by atoms with van der Waals surface area (Å²) in [6, 6.07) is 9.12. The molecule has 0 saturated heterocycles. The Balaban J connectivity index is 2.06. The van der Waals surface area contributed by atoms with Crippen LogP contribution in [0.1, 0.15) is 39.2 Å². The van der Waals surface area contributed by atoms with Gasteiger partial charge in [0.2, 0.25) is 10.0 Å². The van der Waals surface area contributed by atoms with Crippen molar-refractivity contribution in [2.24, 2.45) is 23.7 Å². The van der Waals surface area contributed by atoms with Gasteiger partial charge in [-0.15, -0.1) is 0 Å². The second-order valence-electron chi connectivity index (χ2n) is 7.61. The maximum absolute atomic E-state index is 12.4. The lowest BCUT2D eigenvalue weighted by atomic mass is 9.70. The molecular weight excluding hydrogens is 350 g/mol. The van der Waals surface area contributed by atoms with Crippen LogP contribution in [0.25, 0.3) is 0 Å². The van der Waals surface area contributed by atoms with Gasteiger partial charge in [0.25, 0.3) is 0 Å². The van der Waals surface area contributed by atoms with Gasteiger partial charge < -0.3 is 5.11 Å². The van der Waals surface area contributed by atoms with Gasteiger partial charge in [0.15, 0.2) is 0 Å². The van der Waals surface area contributed by atoms with Gasteiger partial charge in [-0.05, 0) is 42.6 Å². The van der Waals surface area contributed by atoms with E-state index in [0.717, 1.165) is 17.6 Å². The molecular formula is C20H29NO4S.